The van der Waals surface area contributed by atoms with Crippen LogP contribution in [-0.4, -0.2) is 0 Å². The number of hydrogen-bond donors (Lipinski definition) is 1. The second-order valence-electron chi connectivity index (χ2n) is 4.72. The van der Waals surface area contributed by atoms with Crippen molar-refractivity contribution in [1.82, 2.24) is 0 Å². The third-order valence-corrected chi connectivity index (χ3v) is 3.06. The van der Waals surface area contributed by atoms with Crippen LogP contribution in [0.5, 0.6) is 0 Å². The molecule has 2 rings (SSSR count). The van der Waals surface area contributed by atoms with Crippen LogP contribution in [0, 0.1) is 5.92 Å². The van der Waals surface area contributed by atoms with Gasteiger partial charge in [-0.05, 0) is 42.2 Å². The Morgan fingerprint density at radius 2 is 2.07 bits per heavy atom. The number of nitrogen functional groups attached to an aromatic ring is 1. The first-order valence-corrected chi connectivity index (χ1v) is 5.55. The zero-order chi connectivity index (χ0) is 10.1. The summed E-state index contributed by atoms with van der Waals surface area (Å²) >= 11 is 0. The number of anilines is 1. The molecule has 1 aromatic carbocycles. The van der Waals surface area contributed by atoms with Crippen LogP contribution in [0.4, 0.5) is 5.69 Å². The topological polar surface area (TPSA) is 26.0 Å². The van der Waals surface area contributed by atoms with Gasteiger partial charge in [-0.25, -0.2) is 0 Å². The third kappa shape index (κ3) is 1.92. The van der Waals surface area contributed by atoms with Crippen molar-refractivity contribution in [1.29, 1.82) is 0 Å². The smallest absolute Gasteiger partial charge is 0.0381 e. The van der Waals surface area contributed by atoms with Crippen molar-refractivity contribution in [3.63, 3.8) is 0 Å². The summed E-state index contributed by atoms with van der Waals surface area (Å²) < 4.78 is 0. The molecule has 0 unspecified atom stereocenters. The maximum Gasteiger partial charge on any atom is 0.0381 e. The van der Waals surface area contributed by atoms with E-state index in [0.29, 0.717) is 5.92 Å². The summed E-state index contributed by atoms with van der Waals surface area (Å²) in [6.45, 7) is 4.40. The van der Waals surface area contributed by atoms with Crippen molar-refractivity contribution in [3.05, 3.63) is 29.3 Å². The van der Waals surface area contributed by atoms with Crippen molar-refractivity contribution in [3.8, 4) is 0 Å². The average molecular weight is 189 g/mol. The predicted molar refractivity (Wildman–Crippen MR) is 61.4 cm³/mol. The van der Waals surface area contributed by atoms with Crippen molar-refractivity contribution >= 4 is 5.69 Å². The van der Waals surface area contributed by atoms with Gasteiger partial charge in [-0.3, -0.25) is 0 Å². The molecule has 14 heavy (non-hydrogen) atoms. The summed E-state index contributed by atoms with van der Waals surface area (Å²) in [5.74, 6) is 1.45. The van der Waals surface area contributed by atoms with Crippen LogP contribution in [0.3, 0.4) is 0 Å². The van der Waals surface area contributed by atoms with E-state index in [1.807, 2.05) is 0 Å². The minimum Gasteiger partial charge on any atom is -0.398 e. The van der Waals surface area contributed by atoms with Gasteiger partial charge in [0.25, 0.3) is 0 Å². The molecule has 0 heterocycles. The molecule has 1 aromatic rings. The molecule has 0 amide bonds. The summed E-state index contributed by atoms with van der Waals surface area (Å²) in [6, 6.07) is 6.47. The Labute approximate surface area is 86.3 Å². The van der Waals surface area contributed by atoms with Gasteiger partial charge in [0.15, 0.2) is 0 Å². The monoisotopic (exact) mass is 189 g/mol. The summed E-state index contributed by atoms with van der Waals surface area (Å²) in [4.78, 5) is 0. The molecule has 0 aliphatic heterocycles. The van der Waals surface area contributed by atoms with Gasteiger partial charge in [0.1, 0.15) is 0 Å². The van der Waals surface area contributed by atoms with Crippen molar-refractivity contribution in [2.75, 3.05) is 5.73 Å². The minimum atomic E-state index is 0.536. The summed E-state index contributed by atoms with van der Waals surface area (Å²) in [5, 5.41) is 0. The molecule has 1 aliphatic carbocycles. The zero-order valence-electron chi connectivity index (χ0n) is 9.09. The second kappa shape index (κ2) is 3.64. The summed E-state index contributed by atoms with van der Waals surface area (Å²) in [6.07, 6.45) is 3.98. The van der Waals surface area contributed by atoms with Crippen LogP contribution in [0.2, 0.25) is 0 Å². The SMILES string of the molecule is CC(C)c1cccc(CC2CC2)c1N. The molecule has 1 nitrogen and oxygen atoms in total. The predicted octanol–water partition coefficient (Wildman–Crippen LogP) is 3.34. The zero-order valence-corrected chi connectivity index (χ0v) is 9.09. The van der Waals surface area contributed by atoms with E-state index in [9.17, 15) is 0 Å². The number of nitrogens with two attached hydrogens (primary N) is 1. The molecule has 0 bridgehead atoms. The maximum atomic E-state index is 6.16. The highest BCUT2D eigenvalue weighted by atomic mass is 14.6. The van der Waals surface area contributed by atoms with Crippen molar-refractivity contribution in [2.24, 2.45) is 5.92 Å². The van der Waals surface area contributed by atoms with E-state index >= 15 is 0 Å². The van der Waals surface area contributed by atoms with Crippen LogP contribution in [0.25, 0.3) is 0 Å². The number of rotatable bonds is 3. The molecule has 1 saturated carbocycles. The highest BCUT2D eigenvalue weighted by Crippen LogP contribution is 2.35. The fraction of sp³-hybridized carbons (Fsp3) is 0.538. The minimum absolute atomic E-state index is 0.536. The highest BCUT2D eigenvalue weighted by Gasteiger charge is 2.22. The lowest BCUT2D eigenvalue weighted by Gasteiger charge is -2.13. The molecule has 2 N–H and O–H groups in total. The molecule has 0 atom stereocenters. The van der Waals surface area contributed by atoms with Gasteiger partial charge < -0.3 is 5.73 Å². The first-order chi connectivity index (χ1) is 6.68. The van der Waals surface area contributed by atoms with Crippen LogP contribution in [0.1, 0.15) is 43.7 Å². The van der Waals surface area contributed by atoms with Gasteiger partial charge in [-0.15, -0.1) is 0 Å². The largest absolute Gasteiger partial charge is 0.398 e. The fourth-order valence-corrected chi connectivity index (χ4v) is 1.95. The van der Waals surface area contributed by atoms with E-state index in [1.165, 1.54) is 30.4 Å². The quantitative estimate of drug-likeness (QED) is 0.725. The first-order valence-electron chi connectivity index (χ1n) is 5.55. The Bertz CT molecular complexity index is 324. The Hall–Kier alpha value is -0.980. The number of hydrogen-bond acceptors (Lipinski definition) is 1. The van der Waals surface area contributed by atoms with E-state index in [4.69, 9.17) is 5.73 Å². The van der Waals surface area contributed by atoms with Gasteiger partial charge in [-0.1, -0.05) is 32.0 Å². The molecule has 0 spiro atoms. The molecule has 1 heteroatoms. The van der Waals surface area contributed by atoms with Crippen molar-refractivity contribution in [2.45, 2.75) is 39.0 Å². The van der Waals surface area contributed by atoms with E-state index < -0.39 is 0 Å². The lowest BCUT2D eigenvalue weighted by molar-refractivity contribution is 0.822. The molecule has 1 fully saturated rings. The van der Waals surface area contributed by atoms with Gasteiger partial charge in [0.2, 0.25) is 0 Å². The normalized spacial score (nSPS) is 16.2. The maximum absolute atomic E-state index is 6.16. The molecular weight excluding hydrogens is 170 g/mol. The van der Waals surface area contributed by atoms with Gasteiger partial charge in [0, 0.05) is 5.69 Å². The number of para-hydroxylation sites is 1. The first kappa shape index (κ1) is 9.57. The average Bonchev–Trinajstić information content (AvgIpc) is 2.92. The number of benzene rings is 1. The molecule has 1 aliphatic rings. The molecule has 76 valence electrons. The standard InChI is InChI=1S/C13H19N/c1-9(2)12-5-3-4-11(13(12)14)8-10-6-7-10/h3-5,9-10H,6-8,14H2,1-2H3. The van der Waals surface area contributed by atoms with Crippen molar-refractivity contribution < 1.29 is 0 Å². The van der Waals surface area contributed by atoms with E-state index in [-0.39, 0.29) is 0 Å². The van der Waals surface area contributed by atoms with Crippen LogP contribution in [-0.2, 0) is 6.42 Å². The van der Waals surface area contributed by atoms with Crippen LogP contribution < -0.4 is 5.73 Å². The molecule has 0 radical (unpaired) electrons. The Balaban J connectivity index is 2.25. The lowest BCUT2D eigenvalue weighted by Crippen LogP contribution is -2.01. The lowest BCUT2D eigenvalue weighted by atomic mass is 9.96. The van der Waals surface area contributed by atoms with Crippen LogP contribution in [0.15, 0.2) is 18.2 Å². The van der Waals surface area contributed by atoms with Gasteiger partial charge >= 0.3 is 0 Å². The Morgan fingerprint density at radius 3 is 2.64 bits per heavy atom. The molecule has 0 aromatic heterocycles. The molecular formula is C13H19N. The van der Waals surface area contributed by atoms with Gasteiger partial charge in [-0.2, -0.15) is 0 Å². The van der Waals surface area contributed by atoms with E-state index in [1.54, 1.807) is 0 Å². The summed E-state index contributed by atoms with van der Waals surface area (Å²) in [5.41, 5.74) is 9.87. The van der Waals surface area contributed by atoms with E-state index in [2.05, 4.69) is 32.0 Å². The Morgan fingerprint density at radius 1 is 1.36 bits per heavy atom. The second-order valence-corrected chi connectivity index (χ2v) is 4.72. The summed E-state index contributed by atoms with van der Waals surface area (Å²) in [7, 11) is 0. The van der Waals surface area contributed by atoms with Gasteiger partial charge in [0.05, 0.1) is 0 Å². The third-order valence-electron chi connectivity index (χ3n) is 3.06. The Kier molecular flexibility index (Phi) is 2.49. The fourth-order valence-electron chi connectivity index (χ4n) is 1.95. The highest BCUT2D eigenvalue weighted by molar-refractivity contribution is 5.55. The van der Waals surface area contributed by atoms with Crippen LogP contribution >= 0.6 is 0 Å². The molecule has 0 saturated heterocycles. The van der Waals surface area contributed by atoms with E-state index in [0.717, 1.165) is 11.6 Å².